The maximum atomic E-state index is 11.6. The second-order valence-electron chi connectivity index (χ2n) is 5.04. The molecule has 0 spiro atoms. The van der Waals surface area contributed by atoms with Gasteiger partial charge in [0.15, 0.2) is 0 Å². The minimum absolute atomic E-state index is 0. The third-order valence-electron chi connectivity index (χ3n) is 2.84. The van der Waals surface area contributed by atoms with Crippen LogP contribution in [0.5, 0.6) is 0 Å². The molecule has 1 atom stereocenters. The molecule has 0 saturated heterocycles. The van der Waals surface area contributed by atoms with Gasteiger partial charge in [0.05, 0.1) is 14.5 Å². The molecule has 1 unspecified atom stereocenters. The van der Waals surface area contributed by atoms with Crippen LogP contribution in [0.1, 0.15) is 47.0 Å². The standard InChI is InChI=1S/C14H26NO4P.2K/c1-5-13(20(17,18)19)14(16)15-10-9-12(4)8-6-7-11(2)3;;/h7,9,13H,5-6,8,10H2,1-4H3,(H,15,16)(H2,17,18,19);;/q;2*+1/p-2/b12-9+;;. The van der Waals surface area contributed by atoms with Gasteiger partial charge < -0.3 is 14.9 Å². The molecule has 0 aliphatic carbocycles. The van der Waals surface area contributed by atoms with Crippen molar-refractivity contribution in [1.82, 2.24) is 0 Å². The summed E-state index contributed by atoms with van der Waals surface area (Å²) >= 11 is 0. The fraction of sp³-hybridized carbons (Fsp3) is 0.643. The van der Waals surface area contributed by atoms with Crippen molar-refractivity contribution in [3.05, 3.63) is 23.3 Å². The van der Waals surface area contributed by atoms with E-state index < -0.39 is 19.5 Å². The molecule has 0 aliphatic heterocycles. The normalized spacial score (nSPS) is 13.8. The molecule has 8 heteroatoms. The van der Waals surface area contributed by atoms with E-state index in [1.807, 2.05) is 20.8 Å². The summed E-state index contributed by atoms with van der Waals surface area (Å²) in [6, 6.07) is 0. The Kier molecular flexibility index (Phi) is 21.0. The number of nitrogens with zero attached hydrogens (tertiary/aromatic N) is 1. The van der Waals surface area contributed by atoms with E-state index in [4.69, 9.17) is 4.89 Å². The average molecular weight is 380 g/mol. The van der Waals surface area contributed by atoms with Gasteiger partial charge in [-0.1, -0.05) is 30.2 Å². The van der Waals surface area contributed by atoms with Crippen LogP contribution in [-0.4, -0.2) is 23.0 Å². The van der Waals surface area contributed by atoms with Crippen molar-refractivity contribution in [2.75, 3.05) is 6.54 Å². The fourth-order valence-corrected chi connectivity index (χ4v) is 2.45. The quantitative estimate of drug-likeness (QED) is 0.150. The molecule has 0 bridgehead atoms. The van der Waals surface area contributed by atoms with Crippen molar-refractivity contribution in [3.63, 3.8) is 0 Å². The van der Waals surface area contributed by atoms with Crippen LogP contribution in [0.15, 0.2) is 28.3 Å². The van der Waals surface area contributed by atoms with Gasteiger partial charge in [0.2, 0.25) is 0 Å². The van der Waals surface area contributed by atoms with E-state index in [0.717, 1.165) is 18.4 Å². The van der Waals surface area contributed by atoms with Gasteiger partial charge in [-0.25, -0.2) is 0 Å². The Hall–Kier alpha value is 2.53. The zero-order valence-corrected chi connectivity index (χ0v) is 21.8. The maximum Gasteiger partial charge on any atom is 1.00 e. The summed E-state index contributed by atoms with van der Waals surface area (Å²) in [4.78, 5) is 34.6. The number of aliphatic imine (C=N–C) groups is 1. The molecule has 0 fully saturated rings. The van der Waals surface area contributed by atoms with Crippen LogP contribution in [0.2, 0.25) is 0 Å². The van der Waals surface area contributed by atoms with Gasteiger partial charge >= 0.3 is 103 Å². The van der Waals surface area contributed by atoms with Gasteiger partial charge in [-0.15, -0.1) is 0 Å². The number of hydrogen-bond donors (Lipinski definition) is 1. The van der Waals surface area contributed by atoms with Crippen LogP contribution >= 0.6 is 7.94 Å². The molecule has 0 rings (SSSR count). The predicted molar refractivity (Wildman–Crippen MR) is 77.9 cm³/mol. The van der Waals surface area contributed by atoms with Crippen LogP contribution < -0.4 is 118 Å². The molecule has 5 nitrogen and oxygen atoms in total. The van der Waals surface area contributed by atoms with Crippen LogP contribution in [0, 0.1) is 0 Å². The minimum Gasteiger partial charge on any atom is -0.859 e. The van der Waals surface area contributed by atoms with Crippen molar-refractivity contribution in [3.8, 4) is 0 Å². The Morgan fingerprint density at radius 1 is 1.18 bits per heavy atom. The Balaban J connectivity index is -0.00000180. The van der Waals surface area contributed by atoms with Crippen molar-refractivity contribution >= 4 is 13.8 Å². The molecular weight excluding hydrogens is 355 g/mol. The van der Waals surface area contributed by atoms with Crippen LogP contribution in [-0.2, 0) is 0 Å². The van der Waals surface area contributed by atoms with Crippen molar-refractivity contribution in [1.29, 1.82) is 0 Å². The van der Waals surface area contributed by atoms with Crippen LogP contribution in [0.4, 0.5) is 0 Å². The van der Waals surface area contributed by atoms with E-state index >= 15 is 0 Å². The van der Waals surface area contributed by atoms with E-state index in [0.29, 0.717) is 0 Å². The molecular formula is C14H24K2NO4P. The summed E-state index contributed by atoms with van der Waals surface area (Å²) in [6.07, 6.45) is 5.78. The summed E-state index contributed by atoms with van der Waals surface area (Å²) in [6.45, 7) is 7.69. The first kappa shape index (κ1) is 29.3. The Labute approximate surface area is 219 Å². The molecule has 116 valence electrons. The topological polar surface area (TPSA) is 102 Å². The molecule has 0 aromatic rings. The third kappa shape index (κ3) is 14.8. The Morgan fingerprint density at radius 2 is 1.73 bits per heavy atom. The number of rotatable bonds is 8. The first-order chi connectivity index (χ1) is 9.18. The Morgan fingerprint density at radius 3 is 2.14 bits per heavy atom. The second kappa shape index (κ2) is 15.8. The van der Waals surface area contributed by atoms with Gasteiger partial charge in [0.1, 0.15) is 5.66 Å². The monoisotopic (exact) mass is 379 g/mol. The van der Waals surface area contributed by atoms with E-state index in [1.54, 1.807) is 6.08 Å². The minimum atomic E-state index is -4.65. The SMILES string of the molecule is CCC(C([O-])=NC/C=C(\C)CCC=C(C)C)[P+]([O-])([O-])O.[K+].[K+]. The fourth-order valence-electron chi connectivity index (χ4n) is 1.63. The largest absolute Gasteiger partial charge is 1.00 e. The van der Waals surface area contributed by atoms with E-state index in [-0.39, 0.29) is 116 Å². The molecule has 0 heterocycles. The summed E-state index contributed by atoms with van der Waals surface area (Å²) in [5.41, 5.74) is 0.945. The molecule has 0 aliphatic rings. The molecule has 0 amide bonds. The summed E-state index contributed by atoms with van der Waals surface area (Å²) in [5.74, 6) is -0.776. The Bertz CT molecular complexity index is 389. The molecule has 0 aromatic heterocycles. The van der Waals surface area contributed by atoms with Gasteiger partial charge in [-0.3, -0.25) is 9.89 Å². The van der Waals surface area contributed by atoms with Crippen molar-refractivity contribution < 1.29 is 123 Å². The smallest absolute Gasteiger partial charge is 0.859 e. The molecule has 0 saturated carbocycles. The van der Waals surface area contributed by atoms with E-state index in [2.05, 4.69) is 11.1 Å². The zero-order chi connectivity index (χ0) is 15.8. The second-order valence-corrected chi connectivity index (χ2v) is 6.79. The number of allylic oxidation sites excluding steroid dienone is 3. The molecule has 0 radical (unpaired) electrons. The van der Waals surface area contributed by atoms with Gasteiger partial charge in [-0.2, -0.15) is 0 Å². The molecule has 22 heavy (non-hydrogen) atoms. The maximum absolute atomic E-state index is 11.6. The summed E-state index contributed by atoms with van der Waals surface area (Å²) in [5, 5.41) is 11.6. The average Bonchev–Trinajstić information content (AvgIpc) is 2.27. The van der Waals surface area contributed by atoms with Gasteiger partial charge in [0.25, 0.3) is 0 Å². The first-order valence-corrected chi connectivity index (χ1v) is 8.37. The zero-order valence-electron chi connectivity index (χ0n) is 14.6. The summed E-state index contributed by atoms with van der Waals surface area (Å²) < 4.78 is 0. The van der Waals surface area contributed by atoms with Gasteiger partial charge in [0, 0.05) is 5.90 Å². The third-order valence-corrected chi connectivity index (χ3v) is 4.22. The van der Waals surface area contributed by atoms with E-state index in [9.17, 15) is 14.9 Å². The van der Waals surface area contributed by atoms with Crippen molar-refractivity contribution in [2.45, 2.75) is 52.6 Å². The van der Waals surface area contributed by atoms with Crippen LogP contribution in [0.3, 0.4) is 0 Å². The van der Waals surface area contributed by atoms with Gasteiger partial charge in [-0.05, 0) is 40.0 Å². The number of hydrogen-bond acceptors (Lipinski definition) is 5. The molecule has 1 N–H and O–H groups in total. The predicted octanol–water partition coefficient (Wildman–Crippen LogP) is -5.30. The molecule has 0 aromatic carbocycles. The summed E-state index contributed by atoms with van der Waals surface area (Å²) in [7, 11) is -4.65. The van der Waals surface area contributed by atoms with Crippen LogP contribution in [0.25, 0.3) is 0 Å². The first-order valence-electron chi connectivity index (χ1n) is 6.72. The van der Waals surface area contributed by atoms with Crippen molar-refractivity contribution in [2.24, 2.45) is 4.99 Å². The van der Waals surface area contributed by atoms with E-state index in [1.165, 1.54) is 12.5 Å².